The van der Waals surface area contributed by atoms with Crippen LogP contribution in [-0.2, 0) is 14.3 Å². The van der Waals surface area contributed by atoms with Crippen LogP contribution in [0.25, 0.3) is 0 Å². The maximum atomic E-state index is 12.3. The van der Waals surface area contributed by atoms with Crippen LogP contribution in [0.4, 0.5) is 11.4 Å². The molecule has 1 aliphatic rings. The average Bonchev–Trinajstić information content (AvgIpc) is 3.25. The van der Waals surface area contributed by atoms with Gasteiger partial charge in [0.15, 0.2) is 4.34 Å². The molecule has 8 nitrogen and oxygen atoms in total. The van der Waals surface area contributed by atoms with Gasteiger partial charge >= 0.3 is 0 Å². The summed E-state index contributed by atoms with van der Waals surface area (Å²) >= 11 is 2.73. The summed E-state index contributed by atoms with van der Waals surface area (Å²) < 4.78 is 6.11. The molecule has 0 atom stereocenters. The van der Waals surface area contributed by atoms with E-state index in [4.69, 9.17) is 4.74 Å². The molecule has 3 rings (SSSR count). The lowest BCUT2D eigenvalue weighted by Gasteiger charge is -2.29. The molecule has 1 saturated heterocycles. The summed E-state index contributed by atoms with van der Waals surface area (Å²) in [5.74, 6) is -0.0689. The monoisotopic (exact) mass is 421 g/mol. The Balaban J connectivity index is 1.48. The van der Waals surface area contributed by atoms with Crippen molar-refractivity contribution in [2.24, 2.45) is 0 Å². The number of anilines is 2. The summed E-state index contributed by atoms with van der Waals surface area (Å²) in [5, 5.41) is 10.5. The first-order chi connectivity index (χ1) is 13.7. The third-order valence-corrected chi connectivity index (χ3v) is 6.10. The fraction of sp³-hybridized carbons (Fsp3) is 0.444. The Kier molecular flexibility index (Phi) is 7.63. The minimum atomic E-state index is -0.213. The van der Waals surface area contributed by atoms with Crippen molar-refractivity contribution in [3.8, 4) is 0 Å². The third kappa shape index (κ3) is 5.91. The molecule has 0 spiro atoms. The van der Waals surface area contributed by atoms with Crippen molar-refractivity contribution in [3.05, 3.63) is 29.8 Å². The van der Waals surface area contributed by atoms with Crippen LogP contribution in [0.15, 0.2) is 34.1 Å². The van der Waals surface area contributed by atoms with E-state index in [1.807, 2.05) is 31.2 Å². The first kappa shape index (κ1) is 20.6. The zero-order valence-electron chi connectivity index (χ0n) is 15.7. The third-order valence-electron chi connectivity index (χ3n) is 4.26. The maximum Gasteiger partial charge on any atom is 0.243 e. The van der Waals surface area contributed by atoms with Gasteiger partial charge in [0.1, 0.15) is 5.51 Å². The molecule has 0 aliphatic carbocycles. The van der Waals surface area contributed by atoms with E-state index in [0.717, 1.165) is 36.3 Å². The molecule has 2 heterocycles. The minimum Gasteiger partial charge on any atom is -0.378 e. The summed E-state index contributed by atoms with van der Waals surface area (Å²) in [6.07, 6.45) is 0. The van der Waals surface area contributed by atoms with Crippen LogP contribution in [0.2, 0.25) is 0 Å². The summed E-state index contributed by atoms with van der Waals surface area (Å²) in [6, 6.07) is 7.74. The molecule has 1 aliphatic heterocycles. The number of carbonyl (C=O) groups is 2. The number of thioether (sulfide) groups is 1. The number of likely N-dealkylation sites (N-methyl/N-ethyl adjacent to an activating group) is 1. The van der Waals surface area contributed by atoms with E-state index in [2.05, 4.69) is 20.4 Å². The number of amides is 2. The van der Waals surface area contributed by atoms with E-state index in [1.54, 1.807) is 5.51 Å². The van der Waals surface area contributed by atoms with Crippen molar-refractivity contribution in [1.29, 1.82) is 0 Å². The Morgan fingerprint density at radius 1 is 1.29 bits per heavy atom. The highest BCUT2D eigenvalue weighted by Crippen LogP contribution is 2.20. The van der Waals surface area contributed by atoms with Gasteiger partial charge in [0.25, 0.3) is 0 Å². The lowest BCUT2D eigenvalue weighted by Crippen LogP contribution is -2.38. The number of nitrogens with one attached hydrogen (secondary N) is 1. The molecule has 0 unspecified atom stereocenters. The molecule has 2 aromatic rings. The lowest BCUT2D eigenvalue weighted by molar-refractivity contribution is -0.132. The molecule has 0 bridgehead atoms. The Labute approximate surface area is 172 Å². The molecule has 10 heteroatoms. The molecule has 0 saturated carbocycles. The van der Waals surface area contributed by atoms with E-state index in [9.17, 15) is 9.59 Å². The number of morpholine rings is 1. The highest BCUT2D eigenvalue weighted by atomic mass is 32.2. The quantitative estimate of drug-likeness (QED) is 0.652. The Morgan fingerprint density at radius 3 is 2.68 bits per heavy atom. The van der Waals surface area contributed by atoms with Crippen LogP contribution in [0, 0.1) is 0 Å². The SMILES string of the molecule is CCN(CC(=O)Nc1ccc(N2CCOCC2)cc1)C(=O)CSc1nncs1. The van der Waals surface area contributed by atoms with E-state index in [-0.39, 0.29) is 24.1 Å². The highest BCUT2D eigenvalue weighted by molar-refractivity contribution is 8.01. The van der Waals surface area contributed by atoms with E-state index < -0.39 is 0 Å². The summed E-state index contributed by atoms with van der Waals surface area (Å²) in [7, 11) is 0. The summed E-state index contributed by atoms with van der Waals surface area (Å²) in [4.78, 5) is 28.5. The zero-order chi connectivity index (χ0) is 19.8. The molecular weight excluding hydrogens is 398 g/mol. The van der Waals surface area contributed by atoms with Crippen LogP contribution in [0.1, 0.15) is 6.92 Å². The average molecular weight is 422 g/mol. The summed E-state index contributed by atoms with van der Waals surface area (Å²) in [5.41, 5.74) is 3.46. The van der Waals surface area contributed by atoms with Crippen LogP contribution in [-0.4, -0.2) is 72.1 Å². The Morgan fingerprint density at radius 2 is 2.04 bits per heavy atom. The number of rotatable bonds is 8. The first-order valence-electron chi connectivity index (χ1n) is 9.05. The lowest BCUT2D eigenvalue weighted by atomic mass is 10.2. The van der Waals surface area contributed by atoms with Crippen molar-refractivity contribution in [2.75, 3.05) is 55.4 Å². The number of carbonyl (C=O) groups excluding carboxylic acids is 2. The van der Waals surface area contributed by atoms with Crippen molar-refractivity contribution in [1.82, 2.24) is 15.1 Å². The van der Waals surface area contributed by atoms with Gasteiger partial charge in [-0.3, -0.25) is 9.59 Å². The first-order valence-corrected chi connectivity index (χ1v) is 10.9. The number of benzene rings is 1. The van der Waals surface area contributed by atoms with Crippen molar-refractivity contribution in [3.63, 3.8) is 0 Å². The number of aromatic nitrogens is 2. The molecule has 1 N–H and O–H groups in total. The van der Waals surface area contributed by atoms with Gasteiger partial charge < -0.3 is 19.9 Å². The van der Waals surface area contributed by atoms with Crippen LogP contribution >= 0.6 is 23.1 Å². The summed E-state index contributed by atoms with van der Waals surface area (Å²) in [6.45, 7) is 5.56. The largest absolute Gasteiger partial charge is 0.378 e. The Bertz CT molecular complexity index is 764. The van der Waals surface area contributed by atoms with Gasteiger partial charge in [0.2, 0.25) is 11.8 Å². The second-order valence-corrected chi connectivity index (χ2v) is 8.15. The van der Waals surface area contributed by atoms with Gasteiger partial charge in [0.05, 0.1) is 25.5 Å². The second-order valence-electron chi connectivity index (χ2n) is 6.10. The van der Waals surface area contributed by atoms with Crippen molar-refractivity contribution in [2.45, 2.75) is 11.3 Å². The number of ether oxygens (including phenoxy) is 1. The second kappa shape index (κ2) is 10.4. The van der Waals surface area contributed by atoms with Gasteiger partial charge in [-0.2, -0.15) is 0 Å². The standard InChI is InChI=1S/C18H23N5O3S2/c1-2-22(17(25)12-27-18-21-19-13-28-18)11-16(24)20-14-3-5-15(6-4-14)23-7-9-26-10-8-23/h3-6,13H,2,7-12H2,1H3,(H,20,24). The molecule has 150 valence electrons. The molecule has 0 radical (unpaired) electrons. The van der Waals surface area contributed by atoms with Gasteiger partial charge in [0, 0.05) is 31.0 Å². The van der Waals surface area contributed by atoms with Crippen LogP contribution < -0.4 is 10.2 Å². The molecule has 1 aromatic carbocycles. The van der Waals surface area contributed by atoms with E-state index >= 15 is 0 Å². The fourth-order valence-electron chi connectivity index (χ4n) is 2.77. The predicted octanol–water partition coefficient (Wildman–Crippen LogP) is 1.95. The van der Waals surface area contributed by atoms with Crippen molar-refractivity contribution < 1.29 is 14.3 Å². The Hall–Kier alpha value is -2.17. The van der Waals surface area contributed by atoms with Crippen molar-refractivity contribution >= 4 is 46.3 Å². The minimum absolute atomic E-state index is 0.0250. The normalized spacial score (nSPS) is 14.0. The van der Waals surface area contributed by atoms with Crippen LogP contribution in [0.5, 0.6) is 0 Å². The van der Waals surface area contributed by atoms with Crippen LogP contribution in [0.3, 0.4) is 0 Å². The van der Waals surface area contributed by atoms with Gasteiger partial charge in [-0.15, -0.1) is 10.2 Å². The topological polar surface area (TPSA) is 87.7 Å². The molecule has 2 amide bonds. The highest BCUT2D eigenvalue weighted by Gasteiger charge is 2.17. The molecular formula is C18H23N5O3S2. The number of hydrogen-bond donors (Lipinski definition) is 1. The maximum absolute atomic E-state index is 12.3. The smallest absolute Gasteiger partial charge is 0.243 e. The zero-order valence-corrected chi connectivity index (χ0v) is 17.3. The molecule has 28 heavy (non-hydrogen) atoms. The van der Waals surface area contributed by atoms with E-state index in [0.29, 0.717) is 12.2 Å². The number of nitrogens with zero attached hydrogens (tertiary/aromatic N) is 4. The molecule has 1 aromatic heterocycles. The number of hydrogen-bond acceptors (Lipinski definition) is 8. The molecule has 1 fully saturated rings. The van der Waals surface area contributed by atoms with Gasteiger partial charge in [-0.1, -0.05) is 23.1 Å². The van der Waals surface area contributed by atoms with Gasteiger partial charge in [-0.25, -0.2) is 0 Å². The van der Waals surface area contributed by atoms with Gasteiger partial charge in [-0.05, 0) is 31.2 Å². The van der Waals surface area contributed by atoms with E-state index in [1.165, 1.54) is 28.0 Å². The predicted molar refractivity (Wildman–Crippen MR) is 111 cm³/mol. The fourth-order valence-corrected chi connectivity index (χ4v) is 4.16.